The predicted molar refractivity (Wildman–Crippen MR) is 82.0 cm³/mol. The molecular formula is C18H18O4. The van der Waals surface area contributed by atoms with E-state index in [1.807, 2.05) is 30.3 Å². The Hall–Kier alpha value is -2.36. The molecule has 0 amide bonds. The number of ether oxygens (including phenoxy) is 4. The molecule has 4 nitrogen and oxygen atoms in total. The monoisotopic (exact) mass is 298 g/mol. The fraction of sp³-hybridized carbons (Fsp3) is 0.333. The second kappa shape index (κ2) is 5.13. The van der Waals surface area contributed by atoms with Crippen molar-refractivity contribution in [3.05, 3.63) is 47.5 Å². The van der Waals surface area contributed by atoms with Crippen molar-refractivity contribution >= 4 is 0 Å². The van der Waals surface area contributed by atoms with Gasteiger partial charge in [-0.15, -0.1) is 0 Å². The molecule has 2 aromatic rings. The van der Waals surface area contributed by atoms with Gasteiger partial charge in [0.25, 0.3) is 0 Å². The summed E-state index contributed by atoms with van der Waals surface area (Å²) in [6.07, 6.45) is 0.971. The second-order valence-corrected chi connectivity index (χ2v) is 5.69. The van der Waals surface area contributed by atoms with Crippen molar-refractivity contribution in [1.29, 1.82) is 0 Å². The lowest BCUT2D eigenvalue weighted by atomic mass is 9.85. The van der Waals surface area contributed by atoms with Gasteiger partial charge in [-0.2, -0.15) is 0 Å². The van der Waals surface area contributed by atoms with Crippen LogP contribution in [0, 0.1) is 5.92 Å². The van der Waals surface area contributed by atoms with Gasteiger partial charge in [0.15, 0.2) is 0 Å². The van der Waals surface area contributed by atoms with E-state index in [2.05, 4.69) is 6.07 Å². The van der Waals surface area contributed by atoms with Gasteiger partial charge in [-0.25, -0.2) is 0 Å². The summed E-state index contributed by atoms with van der Waals surface area (Å²) in [7, 11) is 3.34. The summed E-state index contributed by atoms with van der Waals surface area (Å²) in [4.78, 5) is 0. The lowest BCUT2D eigenvalue weighted by Gasteiger charge is -2.38. The molecule has 2 aromatic carbocycles. The largest absolute Gasteiger partial charge is 0.497 e. The zero-order valence-electron chi connectivity index (χ0n) is 12.7. The van der Waals surface area contributed by atoms with Crippen LogP contribution in [0.15, 0.2) is 36.4 Å². The summed E-state index contributed by atoms with van der Waals surface area (Å²) in [6.45, 7) is 0.654. The van der Waals surface area contributed by atoms with Crippen molar-refractivity contribution in [2.45, 2.75) is 12.5 Å². The van der Waals surface area contributed by atoms with E-state index in [4.69, 9.17) is 18.9 Å². The van der Waals surface area contributed by atoms with Crippen LogP contribution in [0.2, 0.25) is 0 Å². The number of benzene rings is 2. The first-order chi connectivity index (χ1) is 10.8. The van der Waals surface area contributed by atoms with Crippen LogP contribution < -0.4 is 18.9 Å². The highest BCUT2D eigenvalue weighted by Gasteiger charge is 2.37. The molecule has 0 bridgehead atoms. The van der Waals surface area contributed by atoms with E-state index in [-0.39, 0.29) is 6.10 Å². The molecule has 114 valence electrons. The third kappa shape index (κ3) is 2.06. The van der Waals surface area contributed by atoms with Gasteiger partial charge in [0, 0.05) is 17.5 Å². The first-order valence-electron chi connectivity index (χ1n) is 7.43. The molecule has 0 saturated carbocycles. The first-order valence-corrected chi connectivity index (χ1v) is 7.43. The average molecular weight is 298 g/mol. The van der Waals surface area contributed by atoms with E-state index in [0.29, 0.717) is 12.5 Å². The minimum atomic E-state index is 0.0375. The molecule has 0 aromatic heterocycles. The van der Waals surface area contributed by atoms with Crippen molar-refractivity contribution in [3.8, 4) is 23.0 Å². The van der Waals surface area contributed by atoms with Crippen LogP contribution in [0.3, 0.4) is 0 Å². The second-order valence-electron chi connectivity index (χ2n) is 5.69. The molecule has 2 aliphatic rings. The maximum absolute atomic E-state index is 6.26. The molecule has 4 heteroatoms. The maximum atomic E-state index is 6.26. The van der Waals surface area contributed by atoms with E-state index in [0.717, 1.165) is 35.0 Å². The molecule has 22 heavy (non-hydrogen) atoms. The Morgan fingerprint density at radius 2 is 1.73 bits per heavy atom. The van der Waals surface area contributed by atoms with E-state index < -0.39 is 0 Å². The number of methoxy groups -OCH3 is 2. The fourth-order valence-electron chi connectivity index (χ4n) is 3.24. The zero-order chi connectivity index (χ0) is 15.1. The minimum absolute atomic E-state index is 0.0375. The number of fused-ring (bicyclic) bond motifs is 4. The van der Waals surface area contributed by atoms with Crippen LogP contribution in [-0.2, 0) is 6.42 Å². The Bertz CT molecular complexity index is 710. The molecule has 0 radical (unpaired) electrons. The Balaban J connectivity index is 1.70. The van der Waals surface area contributed by atoms with Crippen LogP contribution in [0.25, 0.3) is 0 Å². The molecule has 2 heterocycles. The quantitative estimate of drug-likeness (QED) is 0.851. The molecule has 0 spiro atoms. The Morgan fingerprint density at radius 1 is 0.955 bits per heavy atom. The summed E-state index contributed by atoms with van der Waals surface area (Å²) >= 11 is 0. The third-order valence-electron chi connectivity index (χ3n) is 4.41. The fourth-order valence-corrected chi connectivity index (χ4v) is 3.24. The van der Waals surface area contributed by atoms with Crippen LogP contribution in [-0.4, -0.2) is 20.8 Å². The first kappa shape index (κ1) is 13.3. The van der Waals surface area contributed by atoms with Crippen LogP contribution in [0.4, 0.5) is 0 Å². The third-order valence-corrected chi connectivity index (χ3v) is 4.41. The summed E-state index contributed by atoms with van der Waals surface area (Å²) in [5.41, 5.74) is 2.28. The molecule has 2 atom stereocenters. The van der Waals surface area contributed by atoms with Gasteiger partial charge in [-0.3, -0.25) is 0 Å². The van der Waals surface area contributed by atoms with Gasteiger partial charge in [0.05, 0.1) is 20.8 Å². The molecule has 0 unspecified atom stereocenters. The Kier molecular flexibility index (Phi) is 3.10. The molecule has 2 aliphatic heterocycles. The normalized spacial score (nSPS) is 21.5. The van der Waals surface area contributed by atoms with Gasteiger partial charge in [-0.1, -0.05) is 0 Å². The Morgan fingerprint density at radius 3 is 2.55 bits per heavy atom. The van der Waals surface area contributed by atoms with Crippen molar-refractivity contribution in [2.75, 3.05) is 20.8 Å². The molecule has 0 fully saturated rings. The van der Waals surface area contributed by atoms with E-state index in [1.165, 1.54) is 5.56 Å². The summed E-state index contributed by atoms with van der Waals surface area (Å²) in [5.74, 6) is 3.78. The minimum Gasteiger partial charge on any atom is -0.497 e. The summed E-state index contributed by atoms with van der Waals surface area (Å²) < 4.78 is 22.7. The van der Waals surface area contributed by atoms with Gasteiger partial charge < -0.3 is 18.9 Å². The lowest BCUT2D eigenvalue weighted by Crippen LogP contribution is -2.34. The maximum Gasteiger partial charge on any atom is 0.134 e. The van der Waals surface area contributed by atoms with Crippen LogP contribution in [0.1, 0.15) is 17.2 Å². The average Bonchev–Trinajstić information content (AvgIpc) is 2.58. The summed E-state index contributed by atoms with van der Waals surface area (Å²) in [5, 5.41) is 0. The highest BCUT2D eigenvalue weighted by Crippen LogP contribution is 2.46. The standard InChI is InChI=1S/C18H18O4/c1-19-13-4-6-16-11(8-13)7-12-10-21-17-9-14(20-2)3-5-15(17)18(12)22-16/h3-6,8-9,12,18H,7,10H2,1-2H3/t12-,18-/m0/s1. The number of hydrogen-bond donors (Lipinski definition) is 0. The van der Waals surface area contributed by atoms with Crippen LogP contribution >= 0.6 is 0 Å². The SMILES string of the molecule is COc1ccc2c(c1)C[C@H]1COc3cc(OC)ccc3[C@H]1O2. The topological polar surface area (TPSA) is 36.9 Å². The van der Waals surface area contributed by atoms with E-state index in [1.54, 1.807) is 14.2 Å². The number of rotatable bonds is 2. The zero-order valence-corrected chi connectivity index (χ0v) is 12.7. The molecule has 4 rings (SSSR count). The molecule has 0 aliphatic carbocycles. The van der Waals surface area contributed by atoms with Crippen molar-refractivity contribution in [2.24, 2.45) is 5.92 Å². The predicted octanol–water partition coefficient (Wildman–Crippen LogP) is 3.39. The smallest absolute Gasteiger partial charge is 0.134 e. The highest BCUT2D eigenvalue weighted by molar-refractivity contribution is 5.47. The van der Waals surface area contributed by atoms with Gasteiger partial charge in [0.1, 0.15) is 29.1 Å². The Labute approximate surface area is 129 Å². The molecule has 0 saturated heterocycles. The lowest BCUT2D eigenvalue weighted by molar-refractivity contribution is 0.0540. The van der Waals surface area contributed by atoms with Crippen molar-refractivity contribution < 1.29 is 18.9 Å². The van der Waals surface area contributed by atoms with Crippen molar-refractivity contribution in [3.63, 3.8) is 0 Å². The molecule has 0 N–H and O–H groups in total. The van der Waals surface area contributed by atoms with Gasteiger partial charge >= 0.3 is 0 Å². The molecular weight excluding hydrogens is 280 g/mol. The van der Waals surface area contributed by atoms with Crippen LogP contribution in [0.5, 0.6) is 23.0 Å². The van der Waals surface area contributed by atoms with E-state index >= 15 is 0 Å². The van der Waals surface area contributed by atoms with Crippen molar-refractivity contribution in [1.82, 2.24) is 0 Å². The summed E-state index contributed by atoms with van der Waals surface area (Å²) in [6, 6.07) is 11.9. The van der Waals surface area contributed by atoms with Gasteiger partial charge in [-0.05, 0) is 42.3 Å². The van der Waals surface area contributed by atoms with Gasteiger partial charge in [0.2, 0.25) is 0 Å². The highest BCUT2D eigenvalue weighted by atomic mass is 16.5. The number of hydrogen-bond acceptors (Lipinski definition) is 4. The van der Waals surface area contributed by atoms with E-state index in [9.17, 15) is 0 Å².